The Bertz CT molecular complexity index is 609. The van der Waals surface area contributed by atoms with E-state index in [2.05, 4.69) is 10.2 Å². The third kappa shape index (κ3) is 4.85. The monoisotopic (exact) mass is 371 g/mol. The number of carbonyl (C=O) groups excluding carboxylic acids is 2. The van der Waals surface area contributed by atoms with E-state index in [-0.39, 0.29) is 17.9 Å². The van der Waals surface area contributed by atoms with Gasteiger partial charge in [-0.2, -0.15) is 0 Å². The second-order valence-corrected chi connectivity index (χ2v) is 6.73. The van der Waals surface area contributed by atoms with Gasteiger partial charge in [0, 0.05) is 38.3 Å². The lowest BCUT2D eigenvalue weighted by molar-refractivity contribution is -0.130. The minimum Gasteiger partial charge on any atom is -0.341 e. The lowest BCUT2D eigenvalue weighted by Gasteiger charge is -2.27. The lowest BCUT2D eigenvalue weighted by Crippen LogP contribution is -2.44. The van der Waals surface area contributed by atoms with E-state index in [1.54, 1.807) is 18.2 Å². The minimum absolute atomic E-state index is 0.0938. The van der Waals surface area contributed by atoms with Gasteiger partial charge >= 0.3 is 0 Å². The fourth-order valence-corrected chi connectivity index (χ4v) is 3.08. The Kier molecular flexibility index (Phi) is 6.90. The molecule has 1 unspecified atom stereocenters. The van der Waals surface area contributed by atoms with Gasteiger partial charge in [0.25, 0.3) is 0 Å². The van der Waals surface area contributed by atoms with Crippen LogP contribution in [0.4, 0.5) is 5.69 Å². The van der Waals surface area contributed by atoms with Gasteiger partial charge in [-0.1, -0.05) is 30.1 Å². The van der Waals surface area contributed by atoms with E-state index in [0.29, 0.717) is 35.2 Å². The van der Waals surface area contributed by atoms with E-state index in [1.807, 2.05) is 18.7 Å². The highest BCUT2D eigenvalue weighted by atomic mass is 35.5. The van der Waals surface area contributed by atoms with Crippen molar-refractivity contribution in [3.05, 3.63) is 28.2 Å². The molecule has 0 saturated carbocycles. The fourth-order valence-electron chi connectivity index (χ4n) is 2.78. The van der Waals surface area contributed by atoms with Gasteiger partial charge in [-0.25, -0.2) is 0 Å². The van der Waals surface area contributed by atoms with Crippen LogP contribution in [0.15, 0.2) is 18.2 Å². The third-order valence-corrected chi connectivity index (χ3v) is 5.04. The summed E-state index contributed by atoms with van der Waals surface area (Å²) in [4.78, 5) is 28.3. The van der Waals surface area contributed by atoms with Crippen molar-refractivity contribution in [1.29, 1.82) is 0 Å². The van der Waals surface area contributed by atoms with Gasteiger partial charge in [-0.05, 0) is 31.5 Å². The number of amides is 2. The van der Waals surface area contributed by atoms with E-state index in [4.69, 9.17) is 23.2 Å². The molecule has 1 aromatic rings. The Morgan fingerprint density at radius 3 is 2.58 bits per heavy atom. The zero-order valence-corrected chi connectivity index (χ0v) is 15.5. The molecule has 1 aliphatic rings. The molecule has 1 heterocycles. The highest BCUT2D eigenvalue weighted by Crippen LogP contribution is 2.25. The smallest absolute Gasteiger partial charge is 0.241 e. The maximum Gasteiger partial charge on any atom is 0.241 e. The summed E-state index contributed by atoms with van der Waals surface area (Å²) in [7, 11) is 0. The predicted molar refractivity (Wildman–Crippen MR) is 97.6 cm³/mol. The summed E-state index contributed by atoms with van der Waals surface area (Å²) < 4.78 is 0. The van der Waals surface area contributed by atoms with Crippen LogP contribution in [-0.4, -0.2) is 53.8 Å². The minimum atomic E-state index is -0.281. The van der Waals surface area contributed by atoms with E-state index >= 15 is 0 Å². The second-order valence-electron chi connectivity index (χ2n) is 5.92. The third-order valence-electron chi connectivity index (χ3n) is 4.30. The summed E-state index contributed by atoms with van der Waals surface area (Å²) in [6.07, 6.45) is 1.39. The molecular formula is C17H23Cl2N3O2. The van der Waals surface area contributed by atoms with E-state index < -0.39 is 0 Å². The molecule has 1 aromatic carbocycles. The molecule has 1 fully saturated rings. The van der Waals surface area contributed by atoms with Crippen LogP contribution < -0.4 is 5.32 Å². The van der Waals surface area contributed by atoms with Crippen molar-refractivity contribution in [3.63, 3.8) is 0 Å². The highest BCUT2D eigenvalue weighted by molar-refractivity contribution is 6.42. The largest absolute Gasteiger partial charge is 0.341 e. The van der Waals surface area contributed by atoms with Gasteiger partial charge in [0.2, 0.25) is 11.8 Å². The summed E-state index contributed by atoms with van der Waals surface area (Å²) >= 11 is 11.9. The summed E-state index contributed by atoms with van der Waals surface area (Å²) in [6, 6.07) is 4.74. The number of rotatable bonds is 4. The molecule has 0 aromatic heterocycles. The van der Waals surface area contributed by atoms with Gasteiger partial charge in [-0.15, -0.1) is 0 Å². The van der Waals surface area contributed by atoms with Crippen LogP contribution in [0.25, 0.3) is 0 Å². The number of benzene rings is 1. The summed E-state index contributed by atoms with van der Waals surface area (Å²) in [5.41, 5.74) is 0.624. The van der Waals surface area contributed by atoms with Crippen molar-refractivity contribution in [3.8, 4) is 0 Å². The molecule has 1 aliphatic heterocycles. The highest BCUT2D eigenvalue weighted by Gasteiger charge is 2.25. The van der Waals surface area contributed by atoms with Crippen LogP contribution in [0.5, 0.6) is 0 Å². The molecule has 1 N–H and O–H groups in total. The first-order chi connectivity index (χ1) is 11.4. The Labute approximate surface area is 152 Å². The van der Waals surface area contributed by atoms with E-state index in [9.17, 15) is 9.59 Å². The number of hydrogen-bond donors (Lipinski definition) is 1. The quantitative estimate of drug-likeness (QED) is 0.883. The molecule has 1 saturated heterocycles. The Morgan fingerprint density at radius 2 is 1.92 bits per heavy atom. The predicted octanol–water partition coefficient (Wildman–Crippen LogP) is 3.26. The van der Waals surface area contributed by atoms with Crippen molar-refractivity contribution in [1.82, 2.24) is 9.80 Å². The van der Waals surface area contributed by atoms with Crippen molar-refractivity contribution >= 4 is 40.7 Å². The Hall–Kier alpha value is -1.30. The standard InChI is InChI=1S/C17H23Cl2N3O2/c1-3-16(23)22-8-4-7-21(9-10-22)12(2)17(24)20-13-5-6-14(18)15(19)11-13/h5-6,11-12H,3-4,7-10H2,1-2H3,(H,20,24). The molecule has 0 radical (unpaired) electrons. The second kappa shape index (κ2) is 8.70. The first-order valence-corrected chi connectivity index (χ1v) is 8.95. The van der Waals surface area contributed by atoms with Crippen LogP contribution in [0, 0.1) is 0 Å². The van der Waals surface area contributed by atoms with Gasteiger partial charge in [0.05, 0.1) is 16.1 Å². The van der Waals surface area contributed by atoms with Gasteiger partial charge in [-0.3, -0.25) is 14.5 Å². The van der Waals surface area contributed by atoms with Gasteiger partial charge in [0.15, 0.2) is 0 Å². The van der Waals surface area contributed by atoms with Crippen LogP contribution >= 0.6 is 23.2 Å². The Balaban J connectivity index is 1.94. The molecule has 0 aliphatic carbocycles. The molecule has 2 rings (SSSR count). The maximum atomic E-state index is 12.5. The number of nitrogens with one attached hydrogen (secondary N) is 1. The van der Waals surface area contributed by atoms with Crippen LogP contribution in [0.3, 0.4) is 0 Å². The maximum absolute atomic E-state index is 12.5. The zero-order chi connectivity index (χ0) is 17.7. The van der Waals surface area contributed by atoms with Crippen molar-refractivity contribution < 1.29 is 9.59 Å². The van der Waals surface area contributed by atoms with Crippen molar-refractivity contribution in [2.75, 3.05) is 31.5 Å². The molecule has 5 nitrogen and oxygen atoms in total. The molecule has 0 bridgehead atoms. The van der Waals surface area contributed by atoms with Gasteiger partial charge in [0.1, 0.15) is 0 Å². The van der Waals surface area contributed by atoms with E-state index in [0.717, 1.165) is 19.5 Å². The van der Waals surface area contributed by atoms with Crippen molar-refractivity contribution in [2.24, 2.45) is 0 Å². The zero-order valence-electron chi connectivity index (χ0n) is 14.0. The van der Waals surface area contributed by atoms with Gasteiger partial charge < -0.3 is 10.2 Å². The lowest BCUT2D eigenvalue weighted by atomic mass is 10.2. The number of nitrogens with zero attached hydrogens (tertiary/aromatic N) is 2. The summed E-state index contributed by atoms with van der Waals surface area (Å²) in [6.45, 7) is 6.66. The fraction of sp³-hybridized carbons (Fsp3) is 0.529. The van der Waals surface area contributed by atoms with Crippen LogP contribution in [0.1, 0.15) is 26.7 Å². The normalized spacial score (nSPS) is 17.2. The SMILES string of the molecule is CCC(=O)N1CCCN(C(C)C(=O)Nc2ccc(Cl)c(Cl)c2)CC1. The molecule has 132 valence electrons. The first kappa shape index (κ1) is 19.0. The topological polar surface area (TPSA) is 52.7 Å². The van der Waals surface area contributed by atoms with Crippen LogP contribution in [-0.2, 0) is 9.59 Å². The molecule has 1 atom stereocenters. The molecule has 2 amide bonds. The van der Waals surface area contributed by atoms with Crippen LogP contribution in [0.2, 0.25) is 10.0 Å². The average molecular weight is 372 g/mol. The average Bonchev–Trinajstić information content (AvgIpc) is 2.82. The number of carbonyl (C=O) groups is 2. The van der Waals surface area contributed by atoms with E-state index in [1.165, 1.54) is 0 Å². The number of anilines is 1. The molecular weight excluding hydrogens is 349 g/mol. The summed E-state index contributed by atoms with van der Waals surface area (Å²) in [5.74, 6) is 0.0772. The summed E-state index contributed by atoms with van der Waals surface area (Å²) in [5, 5.41) is 3.73. The first-order valence-electron chi connectivity index (χ1n) is 8.20. The number of halogens is 2. The number of hydrogen-bond acceptors (Lipinski definition) is 3. The molecule has 7 heteroatoms. The Morgan fingerprint density at radius 1 is 1.17 bits per heavy atom. The molecule has 0 spiro atoms. The molecule has 24 heavy (non-hydrogen) atoms. The van der Waals surface area contributed by atoms with Crippen molar-refractivity contribution in [2.45, 2.75) is 32.7 Å².